The second-order valence-electron chi connectivity index (χ2n) is 8.24. The number of ether oxygens (including phenoxy) is 1. The smallest absolute Gasteiger partial charge is 0.119 e. The van der Waals surface area contributed by atoms with E-state index in [1.165, 1.54) is 56.1 Å². The molecule has 28 heavy (non-hydrogen) atoms. The molecule has 1 aliphatic rings. The topological polar surface area (TPSA) is 9.23 Å². The second kappa shape index (κ2) is 11.0. The van der Waals surface area contributed by atoms with Crippen molar-refractivity contribution in [2.24, 2.45) is 11.8 Å². The summed E-state index contributed by atoms with van der Waals surface area (Å²) in [4.78, 5) is 0. The fraction of sp³-hybridized carbons (Fsp3) is 0.481. The molecule has 1 nitrogen and oxygen atoms in total. The molecule has 3 rings (SSSR count). The molecule has 0 bridgehead atoms. The average molecular weight is 375 g/mol. The lowest BCUT2D eigenvalue weighted by Gasteiger charge is -2.21. The third-order valence-electron chi connectivity index (χ3n) is 5.78. The maximum absolute atomic E-state index is 5.84. The Bertz CT molecular complexity index is 753. The molecule has 0 unspecified atom stereocenters. The Balaban J connectivity index is 1.52. The van der Waals surface area contributed by atoms with Gasteiger partial charge in [0.15, 0.2) is 0 Å². The third kappa shape index (κ3) is 6.45. The van der Waals surface area contributed by atoms with Crippen LogP contribution in [-0.4, -0.2) is 6.61 Å². The van der Waals surface area contributed by atoms with E-state index in [-0.39, 0.29) is 0 Å². The lowest BCUT2D eigenvalue weighted by Crippen LogP contribution is -2.10. The summed E-state index contributed by atoms with van der Waals surface area (Å²) >= 11 is 0. The predicted octanol–water partition coefficient (Wildman–Crippen LogP) is 7.49. The molecule has 0 aliphatic heterocycles. The van der Waals surface area contributed by atoms with Crippen LogP contribution >= 0.6 is 0 Å². The van der Waals surface area contributed by atoms with Gasteiger partial charge in [-0.3, -0.25) is 0 Å². The molecule has 0 aromatic heterocycles. The van der Waals surface area contributed by atoms with Gasteiger partial charge >= 0.3 is 0 Å². The minimum absolute atomic E-state index is 0.588. The molecular weight excluding hydrogens is 340 g/mol. The van der Waals surface area contributed by atoms with E-state index in [4.69, 9.17) is 4.74 Å². The summed E-state index contributed by atoms with van der Waals surface area (Å²) < 4.78 is 5.84. The molecule has 0 amide bonds. The van der Waals surface area contributed by atoms with Crippen LogP contribution in [0.2, 0.25) is 0 Å². The lowest BCUT2D eigenvalue weighted by molar-refractivity contribution is 0.305. The largest absolute Gasteiger partial charge is 0.494 e. The normalized spacial score (nSPS) is 18.9. The fourth-order valence-corrected chi connectivity index (χ4v) is 3.80. The van der Waals surface area contributed by atoms with Crippen molar-refractivity contribution in [2.75, 3.05) is 6.61 Å². The van der Waals surface area contributed by atoms with Gasteiger partial charge in [-0.1, -0.05) is 69.2 Å². The first-order valence-corrected chi connectivity index (χ1v) is 11.1. The lowest BCUT2D eigenvalue weighted by atomic mass is 9.83. The van der Waals surface area contributed by atoms with Crippen molar-refractivity contribution in [2.45, 2.75) is 65.2 Å². The molecule has 0 N–H and O–H groups in total. The zero-order valence-corrected chi connectivity index (χ0v) is 17.5. The first-order valence-electron chi connectivity index (χ1n) is 11.1. The molecule has 148 valence electrons. The molecule has 0 radical (unpaired) electrons. The van der Waals surface area contributed by atoms with E-state index in [2.05, 4.69) is 74.2 Å². The van der Waals surface area contributed by atoms with Crippen LogP contribution in [0.1, 0.15) is 70.8 Å². The SMILES string of the molecule is CCCCCCOc1ccc(-c2ccc(C#CC3CCC(C)CC3)cc2)cc1. The van der Waals surface area contributed by atoms with E-state index in [9.17, 15) is 0 Å². The Labute approximate surface area is 171 Å². The highest BCUT2D eigenvalue weighted by Gasteiger charge is 2.15. The quantitative estimate of drug-likeness (QED) is 0.360. The Morgan fingerprint density at radius 2 is 1.46 bits per heavy atom. The van der Waals surface area contributed by atoms with Gasteiger partial charge in [0.2, 0.25) is 0 Å². The van der Waals surface area contributed by atoms with Crippen molar-refractivity contribution in [1.29, 1.82) is 0 Å². The van der Waals surface area contributed by atoms with Gasteiger partial charge in [0.1, 0.15) is 5.75 Å². The van der Waals surface area contributed by atoms with Crippen molar-refractivity contribution in [1.82, 2.24) is 0 Å². The number of unbranched alkanes of at least 4 members (excludes halogenated alkanes) is 3. The predicted molar refractivity (Wildman–Crippen MR) is 120 cm³/mol. The van der Waals surface area contributed by atoms with Crippen molar-refractivity contribution >= 4 is 0 Å². The summed E-state index contributed by atoms with van der Waals surface area (Å²) in [7, 11) is 0. The molecule has 1 heteroatoms. The van der Waals surface area contributed by atoms with Crippen LogP contribution in [0, 0.1) is 23.7 Å². The highest BCUT2D eigenvalue weighted by atomic mass is 16.5. The third-order valence-corrected chi connectivity index (χ3v) is 5.78. The van der Waals surface area contributed by atoms with Gasteiger partial charge in [-0.15, -0.1) is 0 Å². The first-order chi connectivity index (χ1) is 13.7. The second-order valence-corrected chi connectivity index (χ2v) is 8.24. The minimum Gasteiger partial charge on any atom is -0.494 e. The summed E-state index contributed by atoms with van der Waals surface area (Å²) in [5.74, 6) is 9.31. The van der Waals surface area contributed by atoms with Crippen molar-refractivity contribution in [3.8, 4) is 28.7 Å². The van der Waals surface area contributed by atoms with E-state index >= 15 is 0 Å². The van der Waals surface area contributed by atoms with Gasteiger partial charge in [0.05, 0.1) is 6.61 Å². The molecular formula is C27H34O. The van der Waals surface area contributed by atoms with Crippen LogP contribution in [0.25, 0.3) is 11.1 Å². The van der Waals surface area contributed by atoms with Crippen LogP contribution in [0.3, 0.4) is 0 Å². The Morgan fingerprint density at radius 3 is 2.11 bits per heavy atom. The molecule has 0 heterocycles. The van der Waals surface area contributed by atoms with Crippen molar-refractivity contribution in [3.05, 3.63) is 54.1 Å². The number of rotatable bonds is 7. The monoisotopic (exact) mass is 374 g/mol. The molecule has 1 saturated carbocycles. The summed E-state index contributed by atoms with van der Waals surface area (Å²) in [5, 5.41) is 0. The van der Waals surface area contributed by atoms with Crippen LogP contribution < -0.4 is 4.74 Å². The Kier molecular flexibility index (Phi) is 8.04. The maximum Gasteiger partial charge on any atom is 0.119 e. The molecule has 0 spiro atoms. The van der Waals surface area contributed by atoms with Crippen molar-refractivity contribution < 1.29 is 4.74 Å². The van der Waals surface area contributed by atoms with Gasteiger partial charge in [-0.05, 0) is 73.4 Å². The molecule has 2 aromatic rings. The van der Waals surface area contributed by atoms with E-state index < -0.39 is 0 Å². The summed E-state index contributed by atoms with van der Waals surface area (Å²) in [6, 6.07) is 17.1. The summed E-state index contributed by atoms with van der Waals surface area (Å²) in [5.41, 5.74) is 3.57. The van der Waals surface area contributed by atoms with Gasteiger partial charge in [-0.2, -0.15) is 0 Å². The standard InChI is InChI=1S/C27H34O/c1-3-4-5-6-21-28-27-19-17-26(18-20-27)25-15-13-24(14-16-25)12-11-23-9-7-22(2)8-10-23/h13-20,22-23H,3-10,21H2,1-2H3. The fourth-order valence-electron chi connectivity index (χ4n) is 3.80. The van der Waals surface area contributed by atoms with Crippen LogP contribution in [0.15, 0.2) is 48.5 Å². The van der Waals surface area contributed by atoms with E-state index in [0.29, 0.717) is 5.92 Å². The van der Waals surface area contributed by atoms with E-state index in [1.54, 1.807) is 0 Å². The Morgan fingerprint density at radius 1 is 0.821 bits per heavy atom. The van der Waals surface area contributed by atoms with Gasteiger partial charge in [0.25, 0.3) is 0 Å². The van der Waals surface area contributed by atoms with E-state index in [1.807, 2.05) is 0 Å². The highest BCUT2D eigenvalue weighted by Crippen LogP contribution is 2.28. The number of benzene rings is 2. The summed E-state index contributed by atoms with van der Waals surface area (Å²) in [6.07, 6.45) is 10.1. The van der Waals surface area contributed by atoms with E-state index in [0.717, 1.165) is 30.3 Å². The van der Waals surface area contributed by atoms with Gasteiger partial charge < -0.3 is 4.74 Å². The molecule has 2 aromatic carbocycles. The molecule has 1 fully saturated rings. The number of hydrogen-bond donors (Lipinski definition) is 0. The summed E-state index contributed by atoms with van der Waals surface area (Å²) in [6.45, 7) is 5.40. The van der Waals surface area contributed by atoms with Crippen molar-refractivity contribution in [3.63, 3.8) is 0 Å². The van der Waals surface area contributed by atoms with Gasteiger partial charge in [-0.25, -0.2) is 0 Å². The van der Waals surface area contributed by atoms with Crippen LogP contribution in [0.5, 0.6) is 5.75 Å². The molecule has 0 saturated heterocycles. The number of hydrogen-bond acceptors (Lipinski definition) is 1. The first kappa shape index (κ1) is 20.5. The maximum atomic E-state index is 5.84. The molecule has 0 atom stereocenters. The zero-order chi connectivity index (χ0) is 19.6. The molecule has 1 aliphatic carbocycles. The van der Waals surface area contributed by atoms with Crippen LogP contribution in [-0.2, 0) is 0 Å². The van der Waals surface area contributed by atoms with Gasteiger partial charge in [0, 0.05) is 11.5 Å². The zero-order valence-electron chi connectivity index (χ0n) is 17.5. The highest BCUT2D eigenvalue weighted by molar-refractivity contribution is 5.65. The average Bonchev–Trinajstić information content (AvgIpc) is 2.74. The minimum atomic E-state index is 0.588. The Hall–Kier alpha value is -2.20. The van der Waals surface area contributed by atoms with Crippen LogP contribution in [0.4, 0.5) is 0 Å².